The molecule has 0 amide bonds. The molecule has 0 aromatic heterocycles. The normalized spacial score (nSPS) is 17.5. The van der Waals surface area contributed by atoms with Crippen LogP contribution >= 0.6 is 11.6 Å². The molecule has 1 heterocycles. The van der Waals surface area contributed by atoms with E-state index in [1.54, 1.807) is 0 Å². The van der Waals surface area contributed by atoms with Gasteiger partial charge in [-0.05, 0) is 42.3 Å². The summed E-state index contributed by atoms with van der Waals surface area (Å²) in [5.74, 6) is 0.976. The fourth-order valence-electron chi connectivity index (χ4n) is 3.82. The first-order valence-electron chi connectivity index (χ1n) is 10.4. The highest BCUT2D eigenvalue weighted by atomic mass is 35.5. The van der Waals surface area contributed by atoms with Crippen LogP contribution in [0.1, 0.15) is 28.2 Å². The van der Waals surface area contributed by atoms with E-state index in [-0.39, 0.29) is 11.7 Å². The van der Waals surface area contributed by atoms with Crippen molar-refractivity contribution < 1.29 is 14.0 Å². The van der Waals surface area contributed by atoms with Gasteiger partial charge in [0, 0.05) is 17.0 Å². The Balaban J connectivity index is 1.97. The molecule has 158 valence electrons. The van der Waals surface area contributed by atoms with Crippen LogP contribution in [-0.2, 0) is 0 Å². The van der Waals surface area contributed by atoms with Gasteiger partial charge in [0.15, 0.2) is 5.76 Å². The largest absolute Gasteiger partial charge is 0.455 e. The molecule has 0 saturated carbocycles. The molecule has 0 saturated heterocycles. The molecule has 4 heteroatoms. The second-order valence-corrected chi connectivity index (χ2v) is 8.58. The number of aryl methyl sites for hydroxylation is 1. The average molecular weight is 435 g/mol. The predicted octanol–water partition coefficient (Wildman–Crippen LogP) is 5.34. The molecule has 0 spiro atoms. The quantitative estimate of drug-likeness (QED) is 0.585. The van der Waals surface area contributed by atoms with Crippen molar-refractivity contribution in [2.75, 3.05) is 20.6 Å². The van der Waals surface area contributed by atoms with E-state index in [1.165, 1.54) is 22.6 Å². The molecule has 0 radical (unpaired) electrons. The third-order valence-corrected chi connectivity index (χ3v) is 5.84. The van der Waals surface area contributed by atoms with Crippen molar-refractivity contribution in [3.63, 3.8) is 0 Å². The van der Waals surface area contributed by atoms with E-state index >= 15 is 0 Å². The number of likely N-dealkylation sites (N-methyl/N-ethyl adjacent to an activating group) is 1. The van der Waals surface area contributed by atoms with E-state index in [0.29, 0.717) is 10.8 Å². The Morgan fingerprint density at radius 1 is 0.968 bits per heavy atom. The Labute approximate surface area is 188 Å². The maximum Gasteiger partial charge on any atom is 0.153 e. The lowest BCUT2D eigenvalue weighted by molar-refractivity contribution is -0.851. The fraction of sp³-hybridized carbons (Fsp3) is 0.185. The molecule has 0 bridgehead atoms. The molecule has 0 fully saturated rings. The van der Waals surface area contributed by atoms with Gasteiger partial charge in [0.1, 0.15) is 11.6 Å². The van der Waals surface area contributed by atoms with Crippen molar-refractivity contribution in [1.29, 1.82) is 0 Å². The van der Waals surface area contributed by atoms with Crippen molar-refractivity contribution in [1.82, 2.24) is 0 Å². The Morgan fingerprint density at radius 2 is 1.65 bits per heavy atom. The zero-order chi connectivity index (χ0) is 22.0. The summed E-state index contributed by atoms with van der Waals surface area (Å²) in [5, 5.41) is 0.579. The third kappa shape index (κ3) is 4.58. The van der Waals surface area contributed by atoms with Gasteiger partial charge in [-0.2, -0.15) is 0 Å². The molecule has 4 rings (SSSR count). The van der Waals surface area contributed by atoms with Gasteiger partial charge in [0.25, 0.3) is 0 Å². The Morgan fingerprint density at radius 3 is 2.32 bits per heavy atom. The summed E-state index contributed by atoms with van der Waals surface area (Å²) < 4.78 is 20.1. The van der Waals surface area contributed by atoms with Gasteiger partial charge in [-0.3, -0.25) is 0 Å². The van der Waals surface area contributed by atoms with Crippen LogP contribution in [0.15, 0.2) is 89.5 Å². The molecule has 31 heavy (non-hydrogen) atoms. The third-order valence-electron chi connectivity index (χ3n) is 5.45. The summed E-state index contributed by atoms with van der Waals surface area (Å²) in [4.78, 5) is 1.28. The smallest absolute Gasteiger partial charge is 0.153 e. The van der Waals surface area contributed by atoms with Gasteiger partial charge < -0.3 is 9.64 Å². The zero-order valence-electron chi connectivity index (χ0n) is 18.0. The van der Waals surface area contributed by atoms with Crippen LogP contribution < -0.4 is 9.64 Å². The topological polar surface area (TPSA) is 13.7 Å². The lowest BCUT2D eigenvalue weighted by Crippen LogP contribution is -3.05. The van der Waals surface area contributed by atoms with Crippen LogP contribution in [0.3, 0.4) is 0 Å². The summed E-state index contributed by atoms with van der Waals surface area (Å²) in [6, 6.07) is 22.8. The number of para-hydroxylation sites is 1. The van der Waals surface area contributed by atoms with Gasteiger partial charge >= 0.3 is 0 Å². The molecule has 3 aromatic carbocycles. The van der Waals surface area contributed by atoms with Crippen LogP contribution in [-0.4, -0.2) is 20.6 Å². The number of nitrogens with one attached hydrogen (secondary N) is 1. The van der Waals surface area contributed by atoms with E-state index in [2.05, 4.69) is 45.3 Å². The molecule has 1 aliphatic heterocycles. The van der Waals surface area contributed by atoms with Gasteiger partial charge in [-0.25, -0.2) is 4.39 Å². The number of fused-ring (bicyclic) bond motifs is 1. The number of allylic oxidation sites excluding steroid dienone is 2. The van der Waals surface area contributed by atoms with Crippen LogP contribution in [0, 0.1) is 12.7 Å². The number of rotatable bonds is 4. The maximum atomic E-state index is 13.7. The van der Waals surface area contributed by atoms with Gasteiger partial charge in [-0.15, -0.1) is 0 Å². The Hall–Kier alpha value is -2.88. The van der Waals surface area contributed by atoms with E-state index in [0.717, 1.165) is 34.6 Å². The predicted molar refractivity (Wildman–Crippen MR) is 125 cm³/mol. The number of halogens is 2. The summed E-state index contributed by atoms with van der Waals surface area (Å²) in [5.41, 5.74) is 5.05. The first-order chi connectivity index (χ1) is 14.9. The standard InChI is InChI=1S/C27H25ClFNO/c1-18-8-10-20(11-9-18)27-26(28)23(16-17-30(2)3)25(19-12-14-21(29)15-13-19)22-6-4-5-7-24(22)31-27/h4-16,25H,17H2,1-3H3/p+1. The minimum Gasteiger partial charge on any atom is -0.455 e. The second kappa shape index (κ2) is 9.09. The lowest BCUT2D eigenvalue weighted by atomic mass is 9.83. The highest BCUT2D eigenvalue weighted by Crippen LogP contribution is 2.47. The highest BCUT2D eigenvalue weighted by Gasteiger charge is 2.31. The van der Waals surface area contributed by atoms with Crippen molar-refractivity contribution in [2.45, 2.75) is 12.8 Å². The molecule has 1 N–H and O–H groups in total. The molecular weight excluding hydrogens is 409 g/mol. The Bertz CT molecular complexity index is 1130. The van der Waals surface area contributed by atoms with Crippen molar-refractivity contribution in [2.24, 2.45) is 0 Å². The molecule has 1 aliphatic rings. The first-order valence-corrected chi connectivity index (χ1v) is 10.8. The summed E-state index contributed by atoms with van der Waals surface area (Å²) in [7, 11) is 4.20. The molecule has 0 aliphatic carbocycles. The lowest BCUT2D eigenvalue weighted by Gasteiger charge is -2.21. The monoisotopic (exact) mass is 434 g/mol. The molecule has 1 atom stereocenters. The number of hydrogen-bond donors (Lipinski definition) is 1. The molecule has 1 unspecified atom stereocenters. The van der Waals surface area contributed by atoms with Gasteiger partial charge in [-0.1, -0.05) is 71.8 Å². The highest BCUT2D eigenvalue weighted by molar-refractivity contribution is 6.35. The summed E-state index contributed by atoms with van der Waals surface area (Å²) >= 11 is 7.08. The van der Waals surface area contributed by atoms with E-state index in [9.17, 15) is 4.39 Å². The Kier molecular flexibility index (Phi) is 6.26. The SMILES string of the molecule is Cc1ccc(C2=C(Cl)C(=CC[NH+](C)C)C(c3ccc(F)cc3)c3ccccc3O2)cc1. The molecule has 2 nitrogen and oxygen atoms in total. The minimum atomic E-state index is -0.257. The zero-order valence-corrected chi connectivity index (χ0v) is 18.7. The van der Waals surface area contributed by atoms with Crippen LogP contribution in [0.2, 0.25) is 0 Å². The average Bonchev–Trinajstić information content (AvgIpc) is 2.88. The van der Waals surface area contributed by atoms with Crippen molar-refractivity contribution in [3.8, 4) is 5.75 Å². The fourth-order valence-corrected chi connectivity index (χ4v) is 4.15. The summed E-state index contributed by atoms with van der Waals surface area (Å²) in [6.07, 6.45) is 2.17. The van der Waals surface area contributed by atoms with Gasteiger partial charge in [0.2, 0.25) is 0 Å². The number of benzene rings is 3. The number of ether oxygens (including phenoxy) is 1. The number of hydrogen-bond acceptors (Lipinski definition) is 1. The van der Waals surface area contributed by atoms with E-state index in [4.69, 9.17) is 16.3 Å². The second-order valence-electron chi connectivity index (χ2n) is 8.20. The van der Waals surface area contributed by atoms with Crippen molar-refractivity contribution >= 4 is 17.4 Å². The summed E-state index contributed by atoms with van der Waals surface area (Å²) in [6.45, 7) is 2.85. The maximum absolute atomic E-state index is 13.7. The molecule has 3 aromatic rings. The molecular formula is C27H26ClFNO+. The van der Waals surface area contributed by atoms with E-state index < -0.39 is 0 Å². The van der Waals surface area contributed by atoms with Crippen LogP contribution in [0.5, 0.6) is 5.75 Å². The minimum absolute atomic E-state index is 0.161. The first kappa shape index (κ1) is 21.4. The van der Waals surface area contributed by atoms with Crippen LogP contribution in [0.4, 0.5) is 4.39 Å². The van der Waals surface area contributed by atoms with Gasteiger partial charge in [0.05, 0.1) is 25.7 Å². The van der Waals surface area contributed by atoms with Crippen LogP contribution in [0.25, 0.3) is 5.76 Å². The van der Waals surface area contributed by atoms with E-state index in [1.807, 2.05) is 42.5 Å². The number of quaternary nitrogens is 1. The van der Waals surface area contributed by atoms with Crippen molar-refractivity contribution in [3.05, 3.63) is 118 Å².